The van der Waals surface area contributed by atoms with Crippen LogP contribution in [0.2, 0.25) is 0 Å². The van der Waals surface area contributed by atoms with Crippen molar-refractivity contribution in [3.05, 3.63) is 35.1 Å². The van der Waals surface area contributed by atoms with Crippen LogP contribution in [0, 0.1) is 18.2 Å². The molecule has 0 saturated heterocycles. The van der Waals surface area contributed by atoms with Crippen molar-refractivity contribution in [1.29, 1.82) is 5.41 Å². The van der Waals surface area contributed by atoms with E-state index in [1.165, 1.54) is 6.07 Å². The Kier molecular flexibility index (Phi) is 1.81. The maximum Gasteiger partial charge on any atom is 0.126 e. The fraction of sp³-hybridized carbons (Fsp3) is 0.125. The van der Waals surface area contributed by atoms with E-state index >= 15 is 0 Å². The summed E-state index contributed by atoms with van der Waals surface area (Å²) < 4.78 is 12.7. The smallest absolute Gasteiger partial charge is 0.126 e. The topological polar surface area (TPSA) is 23.9 Å². The molecule has 0 fully saturated rings. The molecule has 1 aromatic carbocycles. The van der Waals surface area contributed by atoms with Gasteiger partial charge in [-0.3, -0.25) is 0 Å². The van der Waals surface area contributed by atoms with Crippen LogP contribution >= 0.6 is 0 Å². The van der Waals surface area contributed by atoms with Gasteiger partial charge in [-0.1, -0.05) is 12.1 Å². The molecule has 0 heterocycles. The van der Waals surface area contributed by atoms with Crippen LogP contribution in [-0.4, -0.2) is 6.21 Å². The number of benzene rings is 1. The van der Waals surface area contributed by atoms with E-state index in [1.807, 2.05) is 0 Å². The maximum atomic E-state index is 12.7. The van der Waals surface area contributed by atoms with E-state index in [9.17, 15) is 4.39 Å². The molecule has 10 heavy (non-hydrogen) atoms. The molecule has 0 bridgehead atoms. The van der Waals surface area contributed by atoms with Gasteiger partial charge in [0.05, 0.1) is 0 Å². The van der Waals surface area contributed by atoms with Crippen LogP contribution in [-0.2, 0) is 0 Å². The normalized spacial score (nSPS) is 9.40. The van der Waals surface area contributed by atoms with Gasteiger partial charge in [-0.2, -0.15) is 0 Å². The average Bonchev–Trinajstić information content (AvgIpc) is 1.95. The molecule has 0 unspecified atom stereocenters. The molecule has 0 radical (unpaired) electrons. The van der Waals surface area contributed by atoms with Crippen LogP contribution in [0.4, 0.5) is 4.39 Å². The molecule has 0 atom stereocenters. The van der Waals surface area contributed by atoms with Gasteiger partial charge >= 0.3 is 0 Å². The first kappa shape index (κ1) is 6.93. The first-order valence-electron chi connectivity index (χ1n) is 3.01. The zero-order valence-electron chi connectivity index (χ0n) is 5.69. The predicted octanol–water partition coefficient (Wildman–Crippen LogP) is 2.13. The quantitative estimate of drug-likeness (QED) is 0.573. The second kappa shape index (κ2) is 2.60. The van der Waals surface area contributed by atoms with Gasteiger partial charge in [-0.15, -0.1) is 0 Å². The molecule has 1 nitrogen and oxygen atoms in total. The van der Waals surface area contributed by atoms with E-state index in [0.29, 0.717) is 11.1 Å². The Hall–Kier alpha value is -1.18. The van der Waals surface area contributed by atoms with Crippen LogP contribution in [0.15, 0.2) is 18.2 Å². The average molecular weight is 137 g/mol. The summed E-state index contributed by atoms with van der Waals surface area (Å²) in [6.45, 7) is 1.66. The highest BCUT2D eigenvalue weighted by molar-refractivity contribution is 5.78. The molecule has 1 N–H and O–H groups in total. The highest BCUT2D eigenvalue weighted by atomic mass is 19.1. The number of halogens is 1. The van der Waals surface area contributed by atoms with Crippen molar-refractivity contribution in [2.75, 3.05) is 0 Å². The minimum atomic E-state index is -0.249. The van der Waals surface area contributed by atoms with Gasteiger partial charge in [-0.25, -0.2) is 4.39 Å². The Labute approximate surface area is 59.0 Å². The summed E-state index contributed by atoms with van der Waals surface area (Å²) >= 11 is 0. The monoisotopic (exact) mass is 137 g/mol. The van der Waals surface area contributed by atoms with Crippen molar-refractivity contribution in [1.82, 2.24) is 0 Å². The van der Waals surface area contributed by atoms with Crippen LogP contribution in [0.25, 0.3) is 0 Å². The molecular weight excluding hydrogens is 129 g/mol. The first-order valence-corrected chi connectivity index (χ1v) is 3.01. The van der Waals surface area contributed by atoms with Crippen molar-refractivity contribution in [3.8, 4) is 0 Å². The molecular formula is C8H8FN. The van der Waals surface area contributed by atoms with E-state index in [-0.39, 0.29) is 5.82 Å². The molecule has 0 aromatic heterocycles. The highest BCUT2D eigenvalue weighted by Crippen LogP contribution is 2.08. The zero-order chi connectivity index (χ0) is 7.56. The molecule has 0 spiro atoms. The lowest BCUT2D eigenvalue weighted by Crippen LogP contribution is -1.88. The summed E-state index contributed by atoms with van der Waals surface area (Å²) in [5.41, 5.74) is 1.18. The molecule has 52 valence electrons. The molecule has 0 amide bonds. The van der Waals surface area contributed by atoms with E-state index < -0.39 is 0 Å². The molecule has 1 aromatic rings. The third-order valence-electron chi connectivity index (χ3n) is 1.47. The summed E-state index contributed by atoms with van der Waals surface area (Å²) in [5.74, 6) is -0.249. The van der Waals surface area contributed by atoms with E-state index in [0.717, 1.165) is 6.21 Å². The van der Waals surface area contributed by atoms with Gasteiger partial charge in [0.1, 0.15) is 5.82 Å². The fourth-order valence-corrected chi connectivity index (χ4v) is 0.781. The van der Waals surface area contributed by atoms with E-state index in [4.69, 9.17) is 5.41 Å². The van der Waals surface area contributed by atoms with E-state index in [2.05, 4.69) is 0 Å². The van der Waals surface area contributed by atoms with Crippen LogP contribution in [0.1, 0.15) is 11.1 Å². The zero-order valence-corrected chi connectivity index (χ0v) is 5.69. The Morgan fingerprint density at radius 2 is 2.20 bits per heavy atom. The van der Waals surface area contributed by atoms with Crippen LogP contribution in [0.3, 0.4) is 0 Å². The largest absolute Gasteiger partial charge is 0.308 e. The molecule has 0 aliphatic carbocycles. The third-order valence-corrected chi connectivity index (χ3v) is 1.47. The number of nitrogens with one attached hydrogen (secondary N) is 1. The van der Waals surface area contributed by atoms with Crippen LogP contribution in [0.5, 0.6) is 0 Å². The van der Waals surface area contributed by atoms with Gasteiger partial charge in [0.2, 0.25) is 0 Å². The van der Waals surface area contributed by atoms with Gasteiger partial charge < -0.3 is 5.41 Å². The lowest BCUT2D eigenvalue weighted by molar-refractivity contribution is 0.618. The second-order valence-corrected chi connectivity index (χ2v) is 2.10. The summed E-state index contributed by atoms with van der Waals surface area (Å²) in [6, 6.07) is 4.70. The predicted molar refractivity (Wildman–Crippen MR) is 39.0 cm³/mol. The summed E-state index contributed by atoms with van der Waals surface area (Å²) in [6.07, 6.45) is 1.15. The molecule has 0 saturated carbocycles. The molecule has 0 aliphatic heterocycles. The fourth-order valence-electron chi connectivity index (χ4n) is 0.781. The molecule has 1 rings (SSSR count). The van der Waals surface area contributed by atoms with Gasteiger partial charge in [-0.05, 0) is 24.1 Å². The molecule has 2 heteroatoms. The summed E-state index contributed by atoms with van der Waals surface area (Å²) in [7, 11) is 0. The van der Waals surface area contributed by atoms with Crippen molar-refractivity contribution < 1.29 is 4.39 Å². The SMILES string of the molecule is Cc1c(F)cccc1C=N. The Morgan fingerprint density at radius 3 is 2.70 bits per heavy atom. The van der Waals surface area contributed by atoms with Crippen LogP contribution < -0.4 is 0 Å². The van der Waals surface area contributed by atoms with Gasteiger partial charge in [0.25, 0.3) is 0 Å². The number of hydrogen-bond donors (Lipinski definition) is 1. The highest BCUT2D eigenvalue weighted by Gasteiger charge is 1.98. The third kappa shape index (κ3) is 1.05. The van der Waals surface area contributed by atoms with Crippen molar-refractivity contribution in [2.45, 2.75) is 6.92 Å². The Balaban J connectivity index is 3.27. The first-order chi connectivity index (χ1) is 4.75. The lowest BCUT2D eigenvalue weighted by atomic mass is 10.1. The van der Waals surface area contributed by atoms with Crippen molar-refractivity contribution >= 4 is 6.21 Å². The number of rotatable bonds is 1. The molecule has 0 aliphatic rings. The number of hydrogen-bond acceptors (Lipinski definition) is 1. The minimum absolute atomic E-state index is 0.249. The van der Waals surface area contributed by atoms with Crippen molar-refractivity contribution in [3.63, 3.8) is 0 Å². The van der Waals surface area contributed by atoms with Crippen molar-refractivity contribution in [2.24, 2.45) is 0 Å². The summed E-state index contributed by atoms with van der Waals surface area (Å²) in [5, 5.41) is 6.89. The standard InChI is InChI=1S/C8H8FN/c1-6-7(5-10)3-2-4-8(6)9/h2-5,10H,1H3. The van der Waals surface area contributed by atoms with Gasteiger partial charge in [0.15, 0.2) is 0 Å². The maximum absolute atomic E-state index is 12.7. The second-order valence-electron chi connectivity index (χ2n) is 2.10. The lowest BCUT2D eigenvalue weighted by Gasteiger charge is -1.97. The van der Waals surface area contributed by atoms with E-state index in [1.54, 1.807) is 19.1 Å². The summed E-state index contributed by atoms with van der Waals surface area (Å²) in [4.78, 5) is 0. The minimum Gasteiger partial charge on any atom is -0.308 e. The van der Waals surface area contributed by atoms with Gasteiger partial charge in [0, 0.05) is 6.21 Å². The Bertz CT molecular complexity index is 255. The Morgan fingerprint density at radius 1 is 1.50 bits per heavy atom.